The summed E-state index contributed by atoms with van der Waals surface area (Å²) in [6.45, 7) is 0.324. The number of methoxy groups -OCH3 is 1. The lowest BCUT2D eigenvalue weighted by molar-refractivity contribution is 0.0959. The molecule has 7 nitrogen and oxygen atoms in total. The number of halogens is 1. The van der Waals surface area contributed by atoms with E-state index in [2.05, 4.69) is 5.32 Å². The van der Waals surface area contributed by atoms with E-state index in [1.807, 2.05) is 0 Å². The van der Waals surface area contributed by atoms with E-state index in [4.69, 9.17) is 9.15 Å². The highest BCUT2D eigenvalue weighted by Crippen LogP contribution is 2.42. The molecule has 0 bridgehead atoms. The number of carbonyl (C=O) groups excluding carboxylic acids is 1. The lowest BCUT2D eigenvalue weighted by Crippen LogP contribution is -2.30. The standard InChI is InChI=1S/C22H23FN2O5S/c1-24-22(26)20-16-11-15-17(25(31(3,27)28)10-4-5-18(15)29-2)12-19(16)30-21(20)13-6-8-14(23)9-7-13/h6-9,11-12,18H,4-5,10H2,1-3H3,(H,24,26). The maximum Gasteiger partial charge on any atom is 0.255 e. The van der Waals surface area contributed by atoms with Crippen molar-refractivity contribution < 1.29 is 26.8 Å². The molecule has 31 heavy (non-hydrogen) atoms. The second-order valence-electron chi connectivity index (χ2n) is 7.50. The van der Waals surface area contributed by atoms with Gasteiger partial charge < -0.3 is 14.5 Å². The molecular weight excluding hydrogens is 423 g/mol. The van der Waals surface area contributed by atoms with Gasteiger partial charge in [-0.2, -0.15) is 0 Å². The van der Waals surface area contributed by atoms with Gasteiger partial charge in [0.1, 0.15) is 17.2 Å². The van der Waals surface area contributed by atoms with Crippen molar-refractivity contribution in [3.05, 3.63) is 53.3 Å². The number of benzene rings is 2. The molecule has 0 aliphatic carbocycles. The molecular formula is C22H23FN2O5S. The van der Waals surface area contributed by atoms with Crippen LogP contribution in [0.3, 0.4) is 0 Å². The first-order valence-electron chi connectivity index (χ1n) is 9.83. The van der Waals surface area contributed by atoms with Crippen molar-refractivity contribution in [2.45, 2.75) is 18.9 Å². The number of ether oxygens (including phenoxy) is 1. The van der Waals surface area contributed by atoms with Crippen LogP contribution < -0.4 is 9.62 Å². The highest BCUT2D eigenvalue weighted by Gasteiger charge is 2.31. The molecule has 164 valence electrons. The van der Waals surface area contributed by atoms with Crippen molar-refractivity contribution in [3.63, 3.8) is 0 Å². The number of carbonyl (C=O) groups is 1. The SMILES string of the molecule is CNC(=O)c1c(-c2ccc(F)cc2)oc2cc3c(cc12)C(OC)CCCN3S(C)(=O)=O. The zero-order valence-corrected chi connectivity index (χ0v) is 18.3. The Morgan fingerprint density at radius 3 is 2.58 bits per heavy atom. The molecule has 0 saturated carbocycles. The lowest BCUT2D eigenvalue weighted by Gasteiger charge is -2.23. The summed E-state index contributed by atoms with van der Waals surface area (Å²) in [6.07, 6.45) is 2.10. The summed E-state index contributed by atoms with van der Waals surface area (Å²) in [5, 5.41) is 3.16. The number of amides is 1. The fourth-order valence-corrected chi connectivity index (χ4v) is 5.04. The van der Waals surface area contributed by atoms with E-state index >= 15 is 0 Å². The number of nitrogens with zero attached hydrogens (tertiary/aromatic N) is 1. The predicted octanol–water partition coefficient (Wildman–Crippen LogP) is 3.85. The molecule has 1 aromatic heterocycles. The Kier molecular flexibility index (Phi) is 5.49. The van der Waals surface area contributed by atoms with Gasteiger partial charge in [0.15, 0.2) is 0 Å². The minimum atomic E-state index is -3.53. The van der Waals surface area contributed by atoms with E-state index in [1.54, 1.807) is 19.2 Å². The van der Waals surface area contributed by atoms with Crippen LogP contribution in [0.4, 0.5) is 10.1 Å². The summed E-state index contributed by atoms with van der Waals surface area (Å²) in [7, 11) is -0.436. The topological polar surface area (TPSA) is 88.8 Å². The minimum absolute atomic E-state index is 0.286. The maximum absolute atomic E-state index is 13.4. The third kappa shape index (κ3) is 3.79. The first kappa shape index (κ1) is 21.3. The number of anilines is 1. The Morgan fingerprint density at radius 1 is 1.26 bits per heavy atom. The van der Waals surface area contributed by atoms with Crippen LogP contribution in [0.15, 0.2) is 40.8 Å². The van der Waals surface area contributed by atoms with Crippen molar-refractivity contribution in [2.75, 3.05) is 31.3 Å². The molecule has 1 aliphatic heterocycles. The Bertz CT molecular complexity index is 1250. The minimum Gasteiger partial charge on any atom is -0.455 e. The lowest BCUT2D eigenvalue weighted by atomic mass is 9.99. The third-order valence-electron chi connectivity index (χ3n) is 5.53. The zero-order valence-electron chi connectivity index (χ0n) is 17.4. The summed E-state index contributed by atoms with van der Waals surface area (Å²) in [4.78, 5) is 12.8. The molecule has 1 atom stereocenters. The highest BCUT2D eigenvalue weighted by atomic mass is 32.2. The molecule has 1 unspecified atom stereocenters. The monoisotopic (exact) mass is 446 g/mol. The fourth-order valence-electron chi connectivity index (χ4n) is 4.06. The molecule has 0 saturated heterocycles. The van der Waals surface area contributed by atoms with Gasteiger partial charge in [-0.15, -0.1) is 0 Å². The smallest absolute Gasteiger partial charge is 0.255 e. The van der Waals surface area contributed by atoms with Crippen LogP contribution in [0.1, 0.15) is 34.9 Å². The van der Waals surface area contributed by atoms with E-state index in [9.17, 15) is 17.6 Å². The van der Waals surface area contributed by atoms with Gasteiger partial charge in [0.2, 0.25) is 10.0 Å². The van der Waals surface area contributed by atoms with Crippen LogP contribution in [0, 0.1) is 5.82 Å². The Hall–Kier alpha value is -2.91. The maximum atomic E-state index is 13.4. The van der Waals surface area contributed by atoms with E-state index in [-0.39, 0.29) is 17.8 Å². The van der Waals surface area contributed by atoms with Crippen molar-refractivity contribution in [1.29, 1.82) is 0 Å². The highest BCUT2D eigenvalue weighted by molar-refractivity contribution is 7.92. The Labute approximate surface area is 179 Å². The summed E-state index contributed by atoms with van der Waals surface area (Å²) >= 11 is 0. The molecule has 1 aliphatic rings. The number of nitrogens with one attached hydrogen (secondary N) is 1. The number of hydrogen-bond acceptors (Lipinski definition) is 5. The van der Waals surface area contributed by atoms with Gasteiger partial charge in [0, 0.05) is 43.3 Å². The normalized spacial score (nSPS) is 16.8. The molecule has 2 aromatic carbocycles. The van der Waals surface area contributed by atoms with Crippen LogP contribution in [0.2, 0.25) is 0 Å². The second kappa shape index (κ2) is 7.97. The van der Waals surface area contributed by atoms with Crippen LogP contribution in [0.5, 0.6) is 0 Å². The second-order valence-corrected chi connectivity index (χ2v) is 9.41. The predicted molar refractivity (Wildman–Crippen MR) is 116 cm³/mol. The number of furan rings is 1. The average molecular weight is 447 g/mol. The van der Waals surface area contributed by atoms with E-state index < -0.39 is 15.8 Å². The average Bonchev–Trinajstić information content (AvgIpc) is 2.99. The molecule has 0 spiro atoms. The molecule has 0 radical (unpaired) electrons. The zero-order chi connectivity index (χ0) is 22.3. The first-order valence-corrected chi connectivity index (χ1v) is 11.7. The molecule has 2 heterocycles. The van der Waals surface area contributed by atoms with Crippen LogP contribution in [-0.2, 0) is 14.8 Å². The quantitative estimate of drug-likeness (QED) is 0.658. The summed E-state index contributed by atoms with van der Waals surface area (Å²) < 4.78 is 51.4. The fraction of sp³-hybridized carbons (Fsp3) is 0.318. The van der Waals surface area contributed by atoms with Gasteiger partial charge >= 0.3 is 0 Å². The molecule has 1 amide bonds. The van der Waals surface area contributed by atoms with Crippen LogP contribution >= 0.6 is 0 Å². The van der Waals surface area contributed by atoms with Gasteiger partial charge in [-0.05, 0) is 43.2 Å². The van der Waals surface area contributed by atoms with Gasteiger partial charge in [-0.25, -0.2) is 12.8 Å². The molecule has 0 fully saturated rings. The van der Waals surface area contributed by atoms with Gasteiger partial charge in [0.05, 0.1) is 23.6 Å². The molecule has 1 N–H and O–H groups in total. The van der Waals surface area contributed by atoms with Gasteiger partial charge in [-0.1, -0.05) is 0 Å². The Balaban J connectivity index is 2.03. The third-order valence-corrected chi connectivity index (χ3v) is 6.71. The van der Waals surface area contributed by atoms with E-state index in [1.165, 1.54) is 35.6 Å². The van der Waals surface area contributed by atoms with Crippen LogP contribution in [-0.4, -0.2) is 41.3 Å². The van der Waals surface area contributed by atoms with Crippen molar-refractivity contribution in [1.82, 2.24) is 5.32 Å². The van der Waals surface area contributed by atoms with Gasteiger partial charge in [0.25, 0.3) is 5.91 Å². The summed E-state index contributed by atoms with van der Waals surface area (Å²) in [6, 6.07) is 9.05. The van der Waals surface area contributed by atoms with Crippen LogP contribution in [0.25, 0.3) is 22.3 Å². The first-order chi connectivity index (χ1) is 14.7. The molecule has 4 rings (SSSR count). The number of sulfonamides is 1. The summed E-state index contributed by atoms with van der Waals surface area (Å²) in [5.74, 6) is -0.477. The number of rotatable bonds is 4. The summed E-state index contributed by atoms with van der Waals surface area (Å²) in [5.41, 5.74) is 2.35. The molecule has 3 aromatic rings. The number of hydrogen-bond donors (Lipinski definition) is 1. The largest absolute Gasteiger partial charge is 0.455 e. The van der Waals surface area contributed by atoms with Crippen molar-refractivity contribution in [2.24, 2.45) is 0 Å². The van der Waals surface area contributed by atoms with E-state index in [0.29, 0.717) is 52.7 Å². The van der Waals surface area contributed by atoms with Gasteiger partial charge in [-0.3, -0.25) is 9.10 Å². The van der Waals surface area contributed by atoms with Crippen molar-refractivity contribution >= 4 is 32.6 Å². The van der Waals surface area contributed by atoms with E-state index in [0.717, 1.165) is 6.26 Å². The molecule has 9 heteroatoms. The van der Waals surface area contributed by atoms with Crippen molar-refractivity contribution in [3.8, 4) is 11.3 Å². The Morgan fingerprint density at radius 2 is 1.97 bits per heavy atom. The number of fused-ring (bicyclic) bond motifs is 2.